The SMILES string of the molecule is N#C/C(=C\c1cn(CC(=O)O)c2ccccc12)C(=O)NCc1ccc(F)cc1. The molecule has 2 N–H and O–H groups in total. The molecule has 0 unspecified atom stereocenters. The van der Waals surface area contributed by atoms with Gasteiger partial charge in [0.05, 0.1) is 0 Å². The molecule has 3 rings (SSSR count). The molecule has 0 spiro atoms. The Morgan fingerprint density at radius 3 is 2.57 bits per heavy atom. The first-order chi connectivity index (χ1) is 13.5. The minimum Gasteiger partial charge on any atom is -0.480 e. The predicted octanol–water partition coefficient (Wildman–Crippen LogP) is 3.09. The van der Waals surface area contributed by atoms with Crippen LogP contribution < -0.4 is 5.32 Å². The second-order valence-electron chi connectivity index (χ2n) is 6.10. The van der Waals surface area contributed by atoms with Gasteiger partial charge in [-0.3, -0.25) is 9.59 Å². The molecule has 0 radical (unpaired) electrons. The number of para-hydroxylation sites is 1. The summed E-state index contributed by atoms with van der Waals surface area (Å²) < 4.78 is 14.5. The van der Waals surface area contributed by atoms with E-state index in [-0.39, 0.29) is 24.5 Å². The number of nitrogens with one attached hydrogen (secondary N) is 1. The second-order valence-corrected chi connectivity index (χ2v) is 6.10. The zero-order valence-corrected chi connectivity index (χ0v) is 14.7. The second kappa shape index (κ2) is 8.18. The van der Waals surface area contributed by atoms with Gasteiger partial charge >= 0.3 is 5.97 Å². The van der Waals surface area contributed by atoms with Gasteiger partial charge in [-0.15, -0.1) is 0 Å². The topological polar surface area (TPSA) is 95.1 Å². The Bertz CT molecular complexity index is 1110. The average Bonchev–Trinajstić information content (AvgIpc) is 3.02. The van der Waals surface area contributed by atoms with Crippen LogP contribution >= 0.6 is 0 Å². The summed E-state index contributed by atoms with van der Waals surface area (Å²) >= 11 is 0. The van der Waals surface area contributed by atoms with Crippen LogP contribution in [0.5, 0.6) is 0 Å². The highest BCUT2D eigenvalue weighted by Gasteiger charge is 2.13. The highest BCUT2D eigenvalue weighted by Crippen LogP contribution is 2.23. The van der Waals surface area contributed by atoms with Crippen molar-refractivity contribution in [2.75, 3.05) is 0 Å². The van der Waals surface area contributed by atoms with E-state index in [9.17, 15) is 19.2 Å². The van der Waals surface area contributed by atoms with Crippen LogP contribution in [0.3, 0.4) is 0 Å². The number of aliphatic carboxylic acids is 1. The van der Waals surface area contributed by atoms with E-state index >= 15 is 0 Å². The first-order valence-electron chi connectivity index (χ1n) is 8.42. The van der Waals surface area contributed by atoms with Crippen molar-refractivity contribution in [2.45, 2.75) is 13.1 Å². The molecule has 140 valence electrons. The van der Waals surface area contributed by atoms with E-state index in [1.54, 1.807) is 47.2 Å². The quantitative estimate of drug-likeness (QED) is 0.510. The lowest BCUT2D eigenvalue weighted by atomic mass is 10.1. The normalized spacial score (nSPS) is 11.2. The zero-order chi connectivity index (χ0) is 20.1. The molecule has 0 atom stereocenters. The highest BCUT2D eigenvalue weighted by atomic mass is 19.1. The standard InChI is InChI=1S/C21H16FN3O3/c22-17-7-5-14(6-8-17)11-24-21(28)15(10-23)9-16-12-25(13-20(26)27)19-4-2-1-3-18(16)19/h1-9,12H,11,13H2,(H,24,28)(H,26,27)/b15-9+. The lowest BCUT2D eigenvalue weighted by molar-refractivity contribution is -0.137. The van der Waals surface area contributed by atoms with E-state index in [1.807, 2.05) is 6.07 Å². The molecule has 7 heteroatoms. The Hall–Kier alpha value is -3.92. The maximum Gasteiger partial charge on any atom is 0.323 e. The number of carboxylic acid groups (broad SMARTS) is 1. The molecule has 0 saturated heterocycles. The third-order valence-corrected chi connectivity index (χ3v) is 4.16. The highest BCUT2D eigenvalue weighted by molar-refractivity contribution is 6.04. The van der Waals surface area contributed by atoms with E-state index in [4.69, 9.17) is 5.11 Å². The number of carboxylic acids is 1. The number of amides is 1. The van der Waals surface area contributed by atoms with E-state index in [0.29, 0.717) is 16.6 Å². The third kappa shape index (κ3) is 4.24. The van der Waals surface area contributed by atoms with E-state index in [2.05, 4.69) is 5.32 Å². The number of fused-ring (bicyclic) bond motifs is 1. The monoisotopic (exact) mass is 377 g/mol. The van der Waals surface area contributed by atoms with Crippen LogP contribution in [0, 0.1) is 17.1 Å². The van der Waals surface area contributed by atoms with Gasteiger partial charge in [0.15, 0.2) is 0 Å². The summed E-state index contributed by atoms with van der Waals surface area (Å²) in [7, 11) is 0. The van der Waals surface area contributed by atoms with Crippen molar-refractivity contribution in [1.82, 2.24) is 9.88 Å². The summed E-state index contributed by atoms with van der Waals surface area (Å²) in [6.45, 7) is -0.0775. The van der Waals surface area contributed by atoms with Crippen LogP contribution in [-0.4, -0.2) is 21.6 Å². The van der Waals surface area contributed by atoms with Crippen LogP contribution in [0.1, 0.15) is 11.1 Å². The van der Waals surface area contributed by atoms with Crippen molar-refractivity contribution in [3.63, 3.8) is 0 Å². The molecule has 28 heavy (non-hydrogen) atoms. The van der Waals surface area contributed by atoms with Crippen molar-refractivity contribution in [3.8, 4) is 6.07 Å². The fourth-order valence-electron chi connectivity index (χ4n) is 2.85. The lowest BCUT2D eigenvalue weighted by Gasteiger charge is -2.04. The molecule has 0 fully saturated rings. The Labute approximate surface area is 160 Å². The number of hydrogen-bond acceptors (Lipinski definition) is 3. The number of halogens is 1. The van der Waals surface area contributed by atoms with Crippen molar-refractivity contribution < 1.29 is 19.1 Å². The van der Waals surface area contributed by atoms with E-state index in [0.717, 1.165) is 5.39 Å². The minimum atomic E-state index is -0.992. The molecular formula is C21H16FN3O3. The number of carbonyl (C=O) groups is 2. The van der Waals surface area contributed by atoms with Gasteiger partial charge in [0, 0.05) is 29.2 Å². The maximum absolute atomic E-state index is 12.9. The largest absolute Gasteiger partial charge is 0.480 e. The van der Waals surface area contributed by atoms with Crippen molar-refractivity contribution in [1.29, 1.82) is 5.26 Å². The van der Waals surface area contributed by atoms with Crippen LogP contribution in [0.4, 0.5) is 4.39 Å². The number of hydrogen-bond donors (Lipinski definition) is 2. The fraction of sp³-hybridized carbons (Fsp3) is 0.0952. The predicted molar refractivity (Wildman–Crippen MR) is 101 cm³/mol. The van der Waals surface area contributed by atoms with Crippen LogP contribution in [-0.2, 0) is 22.7 Å². The smallest absolute Gasteiger partial charge is 0.323 e. The van der Waals surface area contributed by atoms with Gasteiger partial charge in [0.25, 0.3) is 5.91 Å². The Balaban J connectivity index is 1.85. The first kappa shape index (κ1) is 18.9. The minimum absolute atomic E-state index is 0.111. The summed E-state index contributed by atoms with van der Waals surface area (Å²) in [4.78, 5) is 23.4. The summed E-state index contributed by atoms with van der Waals surface area (Å²) in [6, 6.07) is 14.7. The van der Waals surface area contributed by atoms with Crippen molar-refractivity contribution >= 4 is 28.9 Å². The number of benzene rings is 2. The van der Waals surface area contributed by atoms with Crippen molar-refractivity contribution in [2.24, 2.45) is 0 Å². The fourth-order valence-corrected chi connectivity index (χ4v) is 2.85. The molecule has 1 aromatic heterocycles. The number of carbonyl (C=O) groups excluding carboxylic acids is 1. The van der Waals surface area contributed by atoms with Gasteiger partial charge in [-0.05, 0) is 29.8 Å². The summed E-state index contributed by atoms with van der Waals surface area (Å²) in [5.41, 5.74) is 1.86. The number of rotatable bonds is 6. The Kier molecular flexibility index (Phi) is 5.51. The maximum atomic E-state index is 12.9. The van der Waals surface area contributed by atoms with Crippen molar-refractivity contribution in [3.05, 3.63) is 77.2 Å². The summed E-state index contributed by atoms with van der Waals surface area (Å²) in [5.74, 6) is -1.93. The molecule has 0 aliphatic rings. The average molecular weight is 377 g/mol. The van der Waals surface area contributed by atoms with Gasteiger partial charge in [-0.25, -0.2) is 4.39 Å². The molecule has 2 aromatic carbocycles. The van der Waals surface area contributed by atoms with Gasteiger partial charge in [0.1, 0.15) is 24.0 Å². The molecule has 6 nitrogen and oxygen atoms in total. The summed E-state index contributed by atoms with van der Waals surface area (Å²) in [6.07, 6.45) is 3.03. The number of nitriles is 1. The summed E-state index contributed by atoms with van der Waals surface area (Å²) in [5, 5.41) is 21.8. The molecule has 1 amide bonds. The molecular weight excluding hydrogens is 361 g/mol. The molecule has 0 saturated carbocycles. The van der Waals surface area contributed by atoms with Gasteiger partial charge in [-0.2, -0.15) is 5.26 Å². The molecule has 0 bridgehead atoms. The number of aromatic nitrogens is 1. The number of nitrogens with zero attached hydrogens (tertiary/aromatic N) is 2. The van der Waals surface area contributed by atoms with E-state index < -0.39 is 11.9 Å². The molecule has 0 aliphatic heterocycles. The Morgan fingerprint density at radius 1 is 1.18 bits per heavy atom. The van der Waals surface area contributed by atoms with Gasteiger partial charge in [0.2, 0.25) is 0 Å². The van der Waals surface area contributed by atoms with Gasteiger partial charge < -0.3 is 15.0 Å². The van der Waals surface area contributed by atoms with Gasteiger partial charge in [-0.1, -0.05) is 30.3 Å². The van der Waals surface area contributed by atoms with Crippen LogP contribution in [0.2, 0.25) is 0 Å². The molecule has 1 heterocycles. The molecule has 0 aliphatic carbocycles. The molecule has 3 aromatic rings. The van der Waals surface area contributed by atoms with Crippen LogP contribution in [0.15, 0.2) is 60.3 Å². The van der Waals surface area contributed by atoms with Crippen LogP contribution in [0.25, 0.3) is 17.0 Å². The first-order valence-corrected chi connectivity index (χ1v) is 8.42. The third-order valence-electron chi connectivity index (χ3n) is 4.16. The zero-order valence-electron chi connectivity index (χ0n) is 14.7. The van der Waals surface area contributed by atoms with E-state index in [1.165, 1.54) is 18.2 Å². The lowest BCUT2D eigenvalue weighted by Crippen LogP contribution is -2.23. The Morgan fingerprint density at radius 2 is 1.89 bits per heavy atom.